The topological polar surface area (TPSA) is 87.7 Å². The van der Waals surface area contributed by atoms with E-state index in [1.54, 1.807) is 12.1 Å². The van der Waals surface area contributed by atoms with Crippen molar-refractivity contribution in [3.8, 4) is 0 Å². The number of aliphatic hydroxyl groups excluding tert-OH is 1. The van der Waals surface area contributed by atoms with Crippen LogP contribution in [0.1, 0.15) is 86.4 Å². The smallest absolute Gasteiger partial charge is 0.335 e. The first-order valence-corrected chi connectivity index (χ1v) is 10.9. The van der Waals surface area contributed by atoms with E-state index in [0.29, 0.717) is 28.5 Å². The molecule has 30 heavy (non-hydrogen) atoms. The molecule has 1 atom stereocenters. The number of hydrogen-bond acceptors (Lipinski definition) is 4. The molecule has 3 aromatic rings. The molecule has 1 aromatic heterocycles. The Balaban J connectivity index is 2.06. The summed E-state index contributed by atoms with van der Waals surface area (Å²) in [4.78, 5) is 24.5. The number of fused-ring (bicyclic) bond motifs is 2. The van der Waals surface area contributed by atoms with Crippen LogP contribution in [0.5, 0.6) is 0 Å². The Morgan fingerprint density at radius 3 is 2.43 bits per heavy atom. The standard InChI is InChI=1S/C25H30O5/c1-3-5-6-7-8-9-10-16-13-18(21(26)4-2)15-20-23(27)19-14-17(25(28)29)11-12-22(19)30-24(16)20/h11-15,21,26H,3-10H2,1-2H3,(H,28,29). The van der Waals surface area contributed by atoms with Crippen molar-refractivity contribution in [1.29, 1.82) is 0 Å². The van der Waals surface area contributed by atoms with Gasteiger partial charge in [-0.2, -0.15) is 0 Å². The highest BCUT2D eigenvalue weighted by molar-refractivity contribution is 5.96. The van der Waals surface area contributed by atoms with Gasteiger partial charge in [0.1, 0.15) is 11.2 Å². The maximum absolute atomic E-state index is 13.2. The minimum absolute atomic E-state index is 0.0474. The number of aromatic carboxylic acids is 1. The van der Waals surface area contributed by atoms with Gasteiger partial charge in [0.2, 0.25) is 5.43 Å². The quantitative estimate of drug-likeness (QED) is 0.316. The van der Waals surface area contributed by atoms with Gasteiger partial charge in [-0.3, -0.25) is 4.79 Å². The summed E-state index contributed by atoms with van der Waals surface area (Å²) in [5.74, 6) is -1.09. The van der Waals surface area contributed by atoms with Crippen LogP contribution in [0.15, 0.2) is 39.5 Å². The van der Waals surface area contributed by atoms with E-state index >= 15 is 0 Å². The molecule has 5 heteroatoms. The highest BCUT2D eigenvalue weighted by Gasteiger charge is 2.17. The van der Waals surface area contributed by atoms with Gasteiger partial charge in [-0.15, -0.1) is 0 Å². The first-order valence-electron chi connectivity index (χ1n) is 10.9. The van der Waals surface area contributed by atoms with E-state index in [9.17, 15) is 19.8 Å². The van der Waals surface area contributed by atoms with Gasteiger partial charge in [-0.05, 0) is 60.7 Å². The predicted molar refractivity (Wildman–Crippen MR) is 119 cm³/mol. The molecule has 5 nitrogen and oxygen atoms in total. The molecule has 0 saturated carbocycles. The van der Waals surface area contributed by atoms with E-state index in [1.165, 1.54) is 37.8 Å². The maximum Gasteiger partial charge on any atom is 0.335 e. The summed E-state index contributed by atoms with van der Waals surface area (Å²) >= 11 is 0. The van der Waals surface area contributed by atoms with Crippen molar-refractivity contribution in [3.63, 3.8) is 0 Å². The summed E-state index contributed by atoms with van der Waals surface area (Å²) in [5.41, 5.74) is 2.33. The molecule has 0 fully saturated rings. The lowest BCUT2D eigenvalue weighted by Gasteiger charge is -2.14. The third-order valence-electron chi connectivity index (χ3n) is 5.69. The first-order chi connectivity index (χ1) is 14.5. The van der Waals surface area contributed by atoms with Gasteiger partial charge in [0, 0.05) is 0 Å². The molecule has 0 aliphatic heterocycles. The van der Waals surface area contributed by atoms with E-state index < -0.39 is 12.1 Å². The monoisotopic (exact) mass is 410 g/mol. The Morgan fingerprint density at radius 1 is 1.00 bits per heavy atom. The predicted octanol–water partition coefficient (Wildman–Crippen LogP) is 5.99. The van der Waals surface area contributed by atoms with Crippen LogP contribution in [-0.2, 0) is 6.42 Å². The molecule has 2 N–H and O–H groups in total. The lowest BCUT2D eigenvalue weighted by atomic mass is 9.96. The summed E-state index contributed by atoms with van der Waals surface area (Å²) in [7, 11) is 0. The van der Waals surface area contributed by atoms with Gasteiger partial charge in [0.25, 0.3) is 0 Å². The molecule has 160 valence electrons. The first kappa shape index (κ1) is 22.0. The number of carbonyl (C=O) groups is 1. The van der Waals surface area contributed by atoms with Crippen molar-refractivity contribution < 1.29 is 19.4 Å². The number of benzene rings is 2. The second kappa shape index (κ2) is 9.90. The average Bonchev–Trinajstić information content (AvgIpc) is 2.75. The van der Waals surface area contributed by atoms with Crippen LogP contribution in [0, 0.1) is 0 Å². The number of aryl methyl sites for hydroxylation is 1. The molecule has 0 spiro atoms. The zero-order valence-electron chi connectivity index (χ0n) is 17.7. The van der Waals surface area contributed by atoms with Crippen molar-refractivity contribution in [3.05, 3.63) is 57.2 Å². The van der Waals surface area contributed by atoms with E-state index in [-0.39, 0.29) is 16.4 Å². The number of carboxylic acid groups (broad SMARTS) is 1. The van der Waals surface area contributed by atoms with Gasteiger partial charge in [0.15, 0.2) is 0 Å². The molecule has 3 rings (SSSR count). The van der Waals surface area contributed by atoms with Crippen LogP contribution >= 0.6 is 0 Å². The third kappa shape index (κ3) is 4.73. The highest BCUT2D eigenvalue weighted by Crippen LogP contribution is 2.29. The zero-order valence-corrected chi connectivity index (χ0v) is 17.7. The molecule has 1 unspecified atom stereocenters. The molecule has 2 aromatic carbocycles. The minimum Gasteiger partial charge on any atom is -0.478 e. The summed E-state index contributed by atoms with van der Waals surface area (Å²) in [5, 5.41) is 20.3. The van der Waals surface area contributed by atoms with Gasteiger partial charge in [-0.25, -0.2) is 4.79 Å². The molecule has 1 heterocycles. The van der Waals surface area contributed by atoms with Crippen molar-refractivity contribution in [2.75, 3.05) is 0 Å². The van der Waals surface area contributed by atoms with Crippen molar-refractivity contribution in [2.45, 2.75) is 71.3 Å². The van der Waals surface area contributed by atoms with Gasteiger partial charge >= 0.3 is 5.97 Å². The van der Waals surface area contributed by atoms with Crippen LogP contribution in [0.4, 0.5) is 0 Å². The highest BCUT2D eigenvalue weighted by atomic mass is 16.4. The van der Waals surface area contributed by atoms with Gasteiger partial charge in [-0.1, -0.05) is 46.0 Å². The summed E-state index contributed by atoms with van der Waals surface area (Å²) in [6, 6.07) is 7.99. The van der Waals surface area contributed by atoms with E-state index in [2.05, 4.69) is 6.92 Å². The van der Waals surface area contributed by atoms with Crippen LogP contribution in [0.25, 0.3) is 21.9 Å². The average molecular weight is 411 g/mol. The Hall–Kier alpha value is -2.66. The molecule has 0 bridgehead atoms. The van der Waals surface area contributed by atoms with Crippen LogP contribution in [-0.4, -0.2) is 16.2 Å². The Kier molecular flexibility index (Phi) is 7.27. The molecular weight excluding hydrogens is 380 g/mol. The number of unbranched alkanes of at least 4 members (excludes halogenated alkanes) is 5. The van der Waals surface area contributed by atoms with Crippen molar-refractivity contribution in [2.24, 2.45) is 0 Å². The van der Waals surface area contributed by atoms with E-state index in [1.807, 2.05) is 13.0 Å². The number of hydrogen-bond donors (Lipinski definition) is 2. The molecule has 0 amide bonds. The number of carboxylic acids is 1. The second-order valence-electron chi connectivity index (χ2n) is 7.95. The fraction of sp³-hybridized carbons (Fsp3) is 0.440. The minimum atomic E-state index is -1.09. The second-order valence-corrected chi connectivity index (χ2v) is 7.95. The Morgan fingerprint density at radius 2 is 1.73 bits per heavy atom. The zero-order chi connectivity index (χ0) is 21.7. The molecule has 0 aliphatic carbocycles. The van der Waals surface area contributed by atoms with Crippen LogP contribution in [0.2, 0.25) is 0 Å². The lowest BCUT2D eigenvalue weighted by molar-refractivity contribution is 0.0697. The normalized spacial score (nSPS) is 12.5. The van der Waals surface area contributed by atoms with Crippen LogP contribution in [0.3, 0.4) is 0 Å². The van der Waals surface area contributed by atoms with Crippen molar-refractivity contribution in [1.82, 2.24) is 0 Å². The Bertz CT molecular complexity index is 1100. The summed E-state index contributed by atoms with van der Waals surface area (Å²) in [6.45, 7) is 4.09. The van der Waals surface area contributed by atoms with Gasteiger partial charge in [0.05, 0.1) is 22.4 Å². The van der Waals surface area contributed by atoms with Crippen LogP contribution < -0.4 is 5.43 Å². The maximum atomic E-state index is 13.2. The number of rotatable bonds is 10. The van der Waals surface area contributed by atoms with E-state index in [4.69, 9.17) is 4.42 Å². The van der Waals surface area contributed by atoms with E-state index in [0.717, 1.165) is 24.8 Å². The lowest BCUT2D eigenvalue weighted by Crippen LogP contribution is -2.08. The molecule has 0 radical (unpaired) electrons. The number of aliphatic hydroxyl groups is 1. The van der Waals surface area contributed by atoms with Gasteiger partial charge < -0.3 is 14.6 Å². The molecule has 0 aliphatic rings. The summed E-state index contributed by atoms with van der Waals surface area (Å²) < 4.78 is 6.08. The SMILES string of the molecule is CCCCCCCCc1cc(C(O)CC)cc2c(=O)c3cc(C(=O)O)ccc3oc12. The fourth-order valence-electron chi connectivity index (χ4n) is 3.90. The van der Waals surface area contributed by atoms with Crippen molar-refractivity contribution >= 4 is 27.9 Å². The fourth-order valence-corrected chi connectivity index (χ4v) is 3.90. The largest absolute Gasteiger partial charge is 0.478 e. The molecule has 0 saturated heterocycles. The Labute approximate surface area is 176 Å². The molecular formula is C25H30O5. The summed E-state index contributed by atoms with van der Waals surface area (Å²) in [6.07, 6.45) is 7.65. The third-order valence-corrected chi connectivity index (χ3v) is 5.69.